The summed E-state index contributed by atoms with van der Waals surface area (Å²) in [4.78, 5) is 11.5. The summed E-state index contributed by atoms with van der Waals surface area (Å²) >= 11 is 5.90. The molecule has 0 heterocycles. The van der Waals surface area contributed by atoms with Crippen LogP contribution in [0.4, 0.5) is 5.69 Å². The normalized spacial score (nSPS) is 10.6. The number of hydrazone groups is 1. The van der Waals surface area contributed by atoms with Gasteiger partial charge in [-0.05, 0) is 18.6 Å². The van der Waals surface area contributed by atoms with E-state index in [1.54, 1.807) is 30.3 Å². The number of hydrogen-bond donors (Lipinski definition) is 2. The van der Waals surface area contributed by atoms with E-state index in [2.05, 4.69) is 15.8 Å². The van der Waals surface area contributed by atoms with Gasteiger partial charge >= 0.3 is 0 Å². The van der Waals surface area contributed by atoms with Crippen LogP contribution in [0.2, 0.25) is 5.02 Å². The molecule has 94 valence electrons. The molecule has 1 aromatic rings. The molecule has 0 aromatic heterocycles. The van der Waals surface area contributed by atoms with E-state index in [1.165, 1.54) is 0 Å². The summed E-state index contributed by atoms with van der Waals surface area (Å²) in [7, 11) is 0. The molecule has 2 N–H and O–H groups in total. The maximum atomic E-state index is 11.5. The Kier molecular flexibility index (Phi) is 5.68. The third-order valence-corrected chi connectivity index (χ3v) is 2.35. The number of halogens is 1. The number of anilines is 1. The Morgan fingerprint density at radius 3 is 2.83 bits per heavy atom. The third kappa shape index (κ3) is 4.07. The molecule has 1 amide bonds. The van der Waals surface area contributed by atoms with Crippen molar-refractivity contribution in [2.24, 2.45) is 5.10 Å². The van der Waals surface area contributed by atoms with Crippen LogP contribution in [0.15, 0.2) is 29.4 Å². The number of hydrogen-bond acceptors (Lipinski definition) is 4. The summed E-state index contributed by atoms with van der Waals surface area (Å²) < 4.78 is 0. The van der Waals surface area contributed by atoms with Gasteiger partial charge in [0.2, 0.25) is 5.71 Å². The van der Waals surface area contributed by atoms with E-state index in [4.69, 9.17) is 16.9 Å². The molecule has 0 bridgehead atoms. The molecule has 0 aliphatic heterocycles. The van der Waals surface area contributed by atoms with Crippen molar-refractivity contribution in [1.29, 1.82) is 5.26 Å². The Morgan fingerprint density at radius 2 is 2.22 bits per heavy atom. The zero-order valence-corrected chi connectivity index (χ0v) is 10.7. The second kappa shape index (κ2) is 7.30. The summed E-state index contributed by atoms with van der Waals surface area (Å²) in [5.41, 5.74) is 2.90. The zero-order valence-electron chi connectivity index (χ0n) is 9.90. The summed E-state index contributed by atoms with van der Waals surface area (Å²) in [6.07, 6.45) is 0.794. The van der Waals surface area contributed by atoms with Crippen molar-refractivity contribution in [3.63, 3.8) is 0 Å². The van der Waals surface area contributed by atoms with E-state index >= 15 is 0 Å². The smallest absolute Gasteiger partial charge is 0.282 e. The van der Waals surface area contributed by atoms with Crippen molar-refractivity contribution in [3.05, 3.63) is 29.3 Å². The van der Waals surface area contributed by atoms with Gasteiger partial charge in [0.25, 0.3) is 5.91 Å². The summed E-state index contributed by atoms with van der Waals surface area (Å²) in [6.45, 7) is 2.43. The molecule has 0 fully saturated rings. The van der Waals surface area contributed by atoms with Gasteiger partial charge in [-0.1, -0.05) is 30.7 Å². The van der Waals surface area contributed by atoms with Gasteiger partial charge < -0.3 is 5.32 Å². The Labute approximate surface area is 110 Å². The SMILES string of the molecule is CCCNC(=O)C(C#N)=NNc1ccccc1Cl. The highest BCUT2D eigenvalue weighted by Crippen LogP contribution is 2.20. The van der Waals surface area contributed by atoms with Gasteiger partial charge in [0.1, 0.15) is 6.07 Å². The van der Waals surface area contributed by atoms with E-state index in [1.807, 2.05) is 6.92 Å². The molecule has 1 rings (SSSR count). The fourth-order valence-corrected chi connectivity index (χ4v) is 1.29. The quantitative estimate of drug-likeness (QED) is 0.632. The number of nitrogens with one attached hydrogen (secondary N) is 2. The summed E-state index contributed by atoms with van der Waals surface area (Å²) in [6, 6.07) is 8.66. The Morgan fingerprint density at radius 1 is 1.50 bits per heavy atom. The summed E-state index contributed by atoms with van der Waals surface area (Å²) in [5, 5.41) is 15.6. The highest BCUT2D eigenvalue weighted by molar-refractivity contribution is 6.45. The van der Waals surface area contributed by atoms with Crippen molar-refractivity contribution in [2.45, 2.75) is 13.3 Å². The lowest BCUT2D eigenvalue weighted by Gasteiger charge is -2.04. The topological polar surface area (TPSA) is 77.3 Å². The molecule has 0 aliphatic carbocycles. The van der Waals surface area contributed by atoms with E-state index in [0.717, 1.165) is 6.42 Å². The van der Waals surface area contributed by atoms with Crippen LogP contribution >= 0.6 is 11.6 Å². The van der Waals surface area contributed by atoms with Crippen LogP contribution in [0.1, 0.15) is 13.3 Å². The third-order valence-electron chi connectivity index (χ3n) is 2.02. The minimum Gasteiger partial charge on any atom is -0.350 e. The average molecular weight is 265 g/mol. The van der Waals surface area contributed by atoms with Gasteiger partial charge in [-0.3, -0.25) is 10.2 Å². The fourth-order valence-electron chi connectivity index (χ4n) is 1.12. The monoisotopic (exact) mass is 264 g/mol. The number of amides is 1. The Bertz CT molecular complexity index is 493. The van der Waals surface area contributed by atoms with Crippen molar-refractivity contribution >= 4 is 28.9 Å². The molecule has 5 nitrogen and oxygen atoms in total. The first-order valence-corrected chi connectivity index (χ1v) is 5.83. The van der Waals surface area contributed by atoms with Crippen molar-refractivity contribution < 1.29 is 4.79 Å². The lowest BCUT2D eigenvalue weighted by atomic mass is 10.3. The van der Waals surface area contributed by atoms with Crippen LogP contribution in [-0.4, -0.2) is 18.2 Å². The predicted octanol–water partition coefficient (Wildman–Crippen LogP) is 2.16. The molecule has 18 heavy (non-hydrogen) atoms. The molecule has 0 aliphatic rings. The summed E-state index contributed by atoms with van der Waals surface area (Å²) in [5.74, 6) is -0.501. The lowest BCUT2D eigenvalue weighted by Crippen LogP contribution is -2.31. The largest absolute Gasteiger partial charge is 0.350 e. The van der Waals surface area contributed by atoms with Gasteiger partial charge in [0.05, 0.1) is 10.7 Å². The zero-order chi connectivity index (χ0) is 13.4. The number of carbonyl (C=O) groups excluding carboxylic acids is 1. The van der Waals surface area contributed by atoms with Crippen LogP contribution in [0, 0.1) is 11.3 Å². The van der Waals surface area contributed by atoms with E-state index in [0.29, 0.717) is 17.3 Å². The van der Waals surface area contributed by atoms with Crippen LogP contribution in [0.25, 0.3) is 0 Å². The highest BCUT2D eigenvalue weighted by atomic mass is 35.5. The minimum absolute atomic E-state index is 0.233. The molecule has 0 atom stereocenters. The van der Waals surface area contributed by atoms with Gasteiger partial charge in [0.15, 0.2) is 0 Å². The molecule has 0 unspecified atom stereocenters. The highest BCUT2D eigenvalue weighted by Gasteiger charge is 2.09. The molecular formula is C12H13ClN4O. The predicted molar refractivity (Wildman–Crippen MR) is 71.4 cm³/mol. The maximum Gasteiger partial charge on any atom is 0.282 e. The van der Waals surface area contributed by atoms with Crippen LogP contribution in [0.5, 0.6) is 0 Å². The van der Waals surface area contributed by atoms with Gasteiger partial charge in [-0.15, -0.1) is 0 Å². The van der Waals surface area contributed by atoms with E-state index in [-0.39, 0.29) is 5.71 Å². The minimum atomic E-state index is -0.501. The van der Waals surface area contributed by atoms with E-state index < -0.39 is 5.91 Å². The standard InChI is InChI=1S/C12H13ClN4O/c1-2-7-15-12(18)11(8-14)17-16-10-6-4-3-5-9(10)13/h3-6,16H,2,7H2,1H3,(H,15,18). The molecular weight excluding hydrogens is 252 g/mol. The van der Waals surface area contributed by atoms with Gasteiger partial charge in [0, 0.05) is 6.54 Å². The molecule has 1 aromatic carbocycles. The average Bonchev–Trinajstić information content (AvgIpc) is 2.39. The molecule has 0 radical (unpaired) electrons. The molecule has 0 spiro atoms. The fraction of sp³-hybridized carbons (Fsp3) is 0.250. The second-order valence-corrected chi connectivity index (χ2v) is 3.83. The van der Waals surface area contributed by atoms with Crippen LogP contribution < -0.4 is 10.7 Å². The number of nitriles is 1. The lowest BCUT2D eigenvalue weighted by molar-refractivity contribution is -0.114. The first-order valence-electron chi connectivity index (χ1n) is 5.45. The second-order valence-electron chi connectivity index (χ2n) is 3.42. The Hall–Kier alpha value is -2.06. The molecule has 6 heteroatoms. The number of benzene rings is 1. The number of carbonyl (C=O) groups is 1. The van der Waals surface area contributed by atoms with E-state index in [9.17, 15) is 4.79 Å². The number of nitrogens with zero attached hydrogens (tertiary/aromatic N) is 2. The van der Waals surface area contributed by atoms with Crippen molar-refractivity contribution in [2.75, 3.05) is 12.0 Å². The van der Waals surface area contributed by atoms with Crippen LogP contribution in [0.3, 0.4) is 0 Å². The van der Waals surface area contributed by atoms with Gasteiger partial charge in [-0.25, -0.2) is 0 Å². The first kappa shape index (κ1) is 14.0. The van der Waals surface area contributed by atoms with Crippen molar-refractivity contribution in [3.8, 4) is 6.07 Å². The first-order chi connectivity index (χ1) is 8.69. The molecule has 0 saturated heterocycles. The Balaban J connectivity index is 2.72. The van der Waals surface area contributed by atoms with Gasteiger partial charge in [-0.2, -0.15) is 10.4 Å². The number of rotatable bonds is 5. The van der Waals surface area contributed by atoms with Crippen LogP contribution in [-0.2, 0) is 4.79 Å². The number of para-hydroxylation sites is 1. The van der Waals surface area contributed by atoms with Crippen molar-refractivity contribution in [1.82, 2.24) is 5.32 Å². The maximum absolute atomic E-state index is 11.5. The molecule has 0 saturated carbocycles.